The third kappa shape index (κ3) is 3.45. The first-order valence-corrected chi connectivity index (χ1v) is 13.9. The number of aromatic nitrogens is 1. The van der Waals surface area contributed by atoms with Crippen molar-refractivity contribution in [2.24, 2.45) is 0 Å². The van der Waals surface area contributed by atoms with Gasteiger partial charge in [-0.15, -0.1) is 0 Å². The maximum Gasteiger partial charge on any atom is 0.0707 e. The van der Waals surface area contributed by atoms with Gasteiger partial charge in [-0.25, -0.2) is 0 Å². The van der Waals surface area contributed by atoms with Gasteiger partial charge in [0.15, 0.2) is 0 Å². The lowest BCUT2D eigenvalue weighted by Gasteiger charge is -2.33. The topological polar surface area (TPSA) is 4.93 Å². The van der Waals surface area contributed by atoms with Crippen LogP contribution in [0.4, 0.5) is 0 Å². The maximum absolute atomic E-state index is 4.80. The first-order valence-electron chi connectivity index (χ1n) is 13.1. The van der Waals surface area contributed by atoms with Crippen LogP contribution in [-0.4, -0.2) is 4.57 Å². The van der Waals surface area contributed by atoms with Crippen molar-refractivity contribution >= 4 is 49.0 Å². The zero-order valence-electron chi connectivity index (χ0n) is 21.4. The molecule has 0 spiro atoms. The van der Waals surface area contributed by atoms with Gasteiger partial charge in [0.2, 0.25) is 0 Å². The summed E-state index contributed by atoms with van der Waals surface area (Å²) in [5.41, 5.74) is 9.72. The zero-order chi connectivity index (χ0) is 26.6. The SMILES string of the molecule is C=C(/C=C1\C(=C)C(c2ccccc2)(c2ccccc2)c2ccccc21)n1c2ccccc2c2ccc(Br)cc21. The number of fused-ring (bicyclic) bond motifs is 4. The molecular formula is C37H26BrN. The van der Waals surface area contributed by atoms with E-state index in [-0.39, 0.29) is 0 Å². The number of nitrogens with zero attached hydrogens (tertiary/aromatic N) is 1. The Bertz CT molecular complexity index is 1900. The number of rotatable bonds is 4. The van der Waals surface area contributed by atoms with Gasteiger partial charge in [-0.05, 0) is 57.7 Å². The van der Waals surface area contributed by atoms with Crippen LogP contribution < -0.4 is 0 Å². The van der Waals surface area contributed by atoms with E-state index in [1.165, 1.54) is 33.0 Å². The third-order valence-electron chi connectivity index (χ3n) is 8.05. The van der Waals surface area contributed by atoms with Crippen molar-refractivity contribution < 1.29 is 0 Å². The molecule has 5 aromatic carbocycles. The molecule has 186 valence electrons. The lowest BCUT2D eigenvalue weighted by molar-refractivity contribution is 0.772. The van der Waals surface area contributed by atoms with Gasteiger partial charge >= 0.3 is 0 Å². The average Bonchev–Trinajstić information content (AvgIpc) is 3.43. The Balaban J connectivity index is 1.49. The molecule has 1 aliphatic carbocycles. The first-order chi connectivity index (χ1) is 19.1. The third-order valence-corrected chi connectivity index (χ3v) is 8.54. The predicted octanol–water partition coefficient (Wildman–Crippen LogP) is 10.0. The number of benzene rings is 5. The molecule has 1 heterocycles. The monoisotopic (exact) mass is 563 g/mol. The lowest BCUT2D eigenvalue weighted by Crippen LogP contribution is -2.28. The fourth-order valence-corrected chi connectivity index (χ4v) is 6.77. The Labute approximate surface area is 237 Å². The average molecular weight is 565 g/mol. The van der Waals surface area contributed by atoms with Gasteiger partial charge in [-0.1, -0.05) is 138 Å². The van der Waals surface area contributed by atoms with Crippen molar-refractivity contribution in [1.29, 1.82) is 0 Å². The number of allylic oxidation sites excluding steroid dienone is 4. The number of hydrogen-bond donors (Lipinski definition) is 0. The Morgan fingerprint density at radius 3 is 1.97 bits per heavy atom. The second-order valence-electron chi connectivity index (χ2n) is 10.1. The van der Waals surface area contributed by atoms with E-state index in [2.05, 4.69) is 161 Å². The van der Waals surface area contributed by atoms with Crippen molar-refractivity contribution in [3.05, 3.63) is 179 Å². The largest absolute Gasteiger partial charge is 0.310 e. The van der Waals surface area contributed by atoms with Crippen LogP contribution in [0.5, 0.6) is 0 Å². The summed E-state index contributed by atoms with van der Waals surface area (Å²) in [5, 5.41) is 2.43. The zero-order valence-corrected chi connectivity index (χ0v) is 23.0. The normalized spacial score (nSPS) is 15.2. The van der Waals surface area contributed by atoms with Gasteiger partial charge in [-0.3, -0.25) is 0 Å². The Kier molecular flexibility index (Phi) is 5.54. The summed E-state index contributed by atoms with van der Waals surface area (Å²) in [6.07, 6.45) is 2.22. The van der Waals surface area contributed by atoms with Gasteiger partial charge in [0, 0.05) is 20.9 Å². The van der Waals surface area contributed by atoms with Gasteiger partial charge in [0.1, 0.15) is 0 Å². The molecule has 0 unspecified atom stereocenters. The molecule has 0 aliphatic heterocycles. The summed E-state index contributed by atoms with van der Waals surface area (Å²) < 4.78 is 3.31. The molecule has 1 aliphatic rings. The molecule has 0 N–H and O–H groups in total. The van der Waals surface area contributed by atoms with Gasteiger partial charge in [0.05, 0.1) is 16.4 Å². The van der Waals surface area contributed by atoms with E-state index in [9.17, 15) is 0 Å². The second-order valence-corrected chi connectivity index (χ2v) is 11.0. The van der Waals surface area contributed by atoms with Crippen molar-refractivity contribution in [3.8, 4) is 0 Å². The minimum Gasteiger partial charge on any atom is -0.310 e. The highest BCUT2D eigenvalue weighted by Crippen LogP contribution is 2.56. The fraction of sp³-hybridized carbons (Fsp3) is 0.0270. The summed E-state index contributed by atoms with van der Waals surface area (Å²) >= 11 is 3.69. The van der Waals surface area contributed by atoms with Crippen LogP contribution in [0.1, 0.15) is 22.3 Å². The van der Waals surface area contributed by atoms with E-state index in [0.29, 0.717) is 0 Å². The van der Waals surface area contributed by atoms with Crippen LogP contribution in [0.2, 0.25) is 0 Å². The molecule has 2 heteroatoms. The lowest BCUT2D eigenvalue weighted by atomic mass is 9.68. The van der Waals surface area contributed by atoms with E-state index in [0.717, 1.165) is 32.3 Å². The highest BCUT2D eigenvalue weighted by Gasteiger charge is 2.47. The highest BCUT2D eigenvalue weighted by atomic mass is 79.9. The van der Waals surface area contributed by atoms with Crippen LogP contribution in [0, 0.1) is 0 Å². The molecule has 39 heavy (non-hydrogen) atoms. The summed E-state index contributed by atoms with van der Waals surface area (Å²) in [6.45, 7) is 9.43. The summed E-state index contributed by atoms with van der Waals surface area (Å²) in [4.78, 5) is 0. The van der Waals surface area contributed by atoms with E-state index in [4.69, 9.17) is 6.58 Å². The molecule has 0 saturated heterocycles. The van der Waals surface area contributed by atoms with Crippen LogP contribution in [0.3, 0.4) is 0 Å². The van der Waals surface area contributed by atoms with Crippen LogP contribution in [0.15, 0.2) is 157 Å². The smallest absolute Gasteiger partial charge is 0.0707 e. The quantitative estimate of drug-likeness (QED) is 0.201. The molecule has 0 atom stereocenters. The van der Waals surface area contributed by atoms with Gasteiger partial charge in [0.25, 0.3) is 0 Å². The van der Waals surface area contributed by atoms with E-state index < -0.39 is 5.41 Å². The molecule has 6 aromatic rings. The van der Waals surface area contributed by atoms with E-state index in [1.807, 2.05) is 0 Å². The van der Waals surface area contributed by atoms with Crippen LogP contribution in [-0.2, 0) is 5.41 Å². The van der Waals surface area contributed by atoms with Gasteiger partial charge in [-0.2, -0.15) is 0 Å². The van der Waals surface area contributed by atoms with Gasteiger partial charge < -0.3 is 4.57 Å². The van der Waals surface area contributed by atoms with Crippen molar-refractivity contribution in [3.63, 3.8) is 0 Å². The number of para-hydroxylation sites is 1. The van der Waals surface area contributed by atoms with Crippen molar-refractivity contribution in [1.82, 2.24) is 4.57 Å². The predicted molar refractivity (Wildman–Crippen MR) is 169 cm³/mol. The molecule has 0 saturated carbocycles. The summed E-state index contributed by atoms with van der Waals surface area (Å²) in [7, 11) is 0. The fourth-order valence-electron chi connectivity index (χ4n) is 6.42. The molecule has 1 aromatic heterocycles. The first kappa shape index (κ1) is 23.7. The van der Waals surface area contributed by atoms with Crippen LogP contribution in [0.25, 0.3) is 33.1 Å². The molecule has 0 radical (unpaired) electrons. The number of halogens is 1. The van der Waals surface area contributed by atoms with Crippen molar-refractivity contribution in [2.75, 3.05) is 0 Å². The van der Waals surface area contributed by atoms with E-state index in [1.54, 1.807) is 0 Å². The summed E-state index contributed by atoms with van der Waals surface area (Å²) in [5.74, 6) is 0. The molecule has 0 bridgehead atoms. The molecule has 7 rings (SSSR count). The molecule has 1 nitrogen and oxygen atoms in total. The van der Waals surface area contributed by atoms with Crippen molar-refractivity contribution in [2.45, 2.75) is 5.41 Å². The highest BCUT2D eigenvalue weighted by molar-refractivity contribution is 9.10. The minimum absolute atomic E-state index is 0.491. The molecular weight excluding hydrogens is 538 g/mol. The summed E-state index contributed by atoms with van der Waals surface area (Å²) in [6, 6.07) is 45.2. The molecule has 0 fully saturated rings. The molecule has 0 amide bonds. The number of hydrogen-bond acceptors (Lipinski definition) is 0. The van der Waals surface area contributed by atoms with Crippen LogP contribution >= 0.6 is 15.9 Å². The maximum atomic E-state index is 4.80. The standard InChI is InChI=1S/C37H26BrN/c1-25(39-35-20-12-10-18-31(35)32-22-21-29(38)24-36(32)39)23-33-26(2)37(27-13-5-3-6-14-27,28-15-7-4-8-16-28)34-19-11-9-17-30(33)34/h3-24H,1-2H2/b33-23+. The second kappa shape index (κ2) is 9.11. The Morgan fingerprint density at radius 2 is 1.26 bits per heavy atom. The Morgan fingerprint density at radius 1 is 0.667 bits per heavy atom. The Hall–Kier alpha value is -4.40. The van der Waals surface area contributed by atoms with E-state index >= 15 is 0 Å². The minimum atomic E-state index is -0.491.